The van der Waals surface area contributed by atoms with Crippen molar-refractivity contribution in [1.82, 2.24) is 20.3 Å². The van der Waals surface area contributed by atoms with E-state index in [1.165, 1.54) is 41.0 Å². The molecule has 4 aromatic rings. The van der Waals surface area contributed by atoms with E-state index in [2.05, 4.69) is 15.6 Å². The predicted octanol–water partition coefficient (Wildman–Crippen LogP) is 3.76. The molecule has 0 aliphatic rings. The number of halogens is 2. The van der Waals surface area contributed by atoms with Crippen LogP contribution in [0.25, 0.3) is 11.0 Å². The van der Waals surface area contributed by atoms with Gasteiger partial charge in [-0.25, -0.2) is 9.07 Å². The largest absolute Gasteiger partial charge is 0.383 e. The summed E-state index contributed by atoms with van der Waals surface area (Å²) in [6.45, 7) is 0.358. The Labute approximate surface area is 206 Å². The number of fused-ring (bicyclic) bond motifs is 1. The van der Waals surface area contributed by atoms with Crippen LogP contribution in [0.15, 0.2) is 72.8 Å². The fraction of sp³-hybridized carbons (Fsp3) is 0.200. The standard InChI is InChI=1S/C25H23ClFN5O3/c1-35-15-14-28-25(34)24(17-6-10-19(27)11-7-17)32(20-12-8-18(26)9-13-20)23(33)16-31-22-5-3-2-4-21(22)29-30-31/h2-13,24H,14-16H2,1H3,(H,28,34)/t24-/m0/s1. The highest BCUT2D eigenvalue weighted by atomic mass is 35.5. The number of rotatable bonds is 9. The average molecular weight is 496 g/mol. The lowest BCUT2D eigenvalue weighted by Crippen LogP contribution is -2.46. The molecule has 180 valence electrons. The first-order valence-corrected chi connectivity index (χ1v) is 11.2. The van der Waals surface area contributed by atoms with Gasteiger partial charge < -0.3 is 10.1 Å². The molecule has 3 aromatic carbocycles. The zero-order valence-corrected chi connectivity index (χ0v) is 19.7. The molecule has 35 heavy (non-hydrogen) atoms. The number of amides is 2. The Hall–Kier alpha value is -3.82. The summed E-state index contributed by atoms with van der Waals surface area (Å²) in [6, 6.07) is 18.2. The summed E-state index contributed by atoms with van der Waals surface area (Å²) in [5.74, 6) is -1.31. The molecule has 0 aliphatic carbocycles. The van der Waals surface area contributed by atoms with Crippen molar-refractivity contribution in [2.24, 2.45) is 0 Å². The Morgan fingerprint density at radius 1 is 1.09 bits per heavy atom. The number of nitrogens with one attached hydrogen (secondary N) is 1. The summed E-state index contributed by atoms with van der Waals surface area (Å²) in [7, 11) is 1.52. The second-order valence-electron chi connectivity index (χ2n) is 7.71. The van der Waals surface area contributed by atoms with E-state index in [-0.39, 0.29) is 13.1 Å². The summed E-state index contributed by atoms with van der Waals surface area (Å²) in [5.41, 5.74) is 2.21. The molecule has 0 bridgehead atoms. The fourth-order valence-corrected chi connectivity index (χ4v) is 3.84. The van der Waals surface area contributed by atoms with Gasteiger partial charge in [0.05, 0.1) is 12.1 Å². The second-order valence-corrected chi connectivity index (χ2v) is 8.15. The molecule has 1 atom stereocenters. The normalized spacial score (nSPS) is 11.9. The van der Waals surface area contributed by atoms with E-state index in [4.69, 9.17) is 16.3 Å². The van der Waals surface area contributed by atoms with Crippen molar-refractivity contribution in [1.29, 1.82) is 0 Å². The van der Waals surface area contributed by atoms with E-state index in [9.17, 15) is 14.0 Å². The molecular formula is C25H23ClFN5O3. The third-order valence-corrected chi connectivity index (χ3v) is 5.63. The Kier molecular flexibility index (Phi) is 7.69. The van der Waals surface area contributed by atoms with Crippen LogP contribution in [0.4, 0.5) is 10.1 Å². The summed E-state index contributed by atoms with van der Waals surface area (Å²) in [4.78, 5) is 28.5. The molecule has 0 saturated heterocycles. The lowest BCUT2D eigenvalue weighted by molar-refractivity contribution is -0.127. The monoisotopic (exact) mass is 495 g/mol. The highest BCUT2D eigenvalue weighted by molar-refractivity contribution is 6.30. The third kappa shape index (κ3) is 5.64. The molecule has 0 aliphatic heterocycles. The Morgan fingerprint density at radius 2 is 1.80 bits per heavy atom. The van der Waals surface area contributed by atoms with Crippen LogP contribution < -0.4 is 10.2 Å². The number of ether oxygens (including phenoxy) is 1. The van der Waals surface area contributed by atoms with E-state index in [0.29, 0.717) is 33.9 Å². The van der Waals surface area contributed by atoms with Crippen LogP contribution in [0, 0.1) is 5.82 Å². The number of para-hydroxylation sites is 1. The smallest absolute Gasteiger partial charge is 0.249 e. The summed E-state index contributed by atoms with van der Waals surface area (Å²) >= 11 is 6.08. The fourth-order valence-electron chi connectivity index (χ4n) is 3.71. The van der Waals surface area contributed by atoms with Crippen molar-refractivity contribution < 1.29 is 18.7 Å². The van der Waals surface area contributed by atoms with Crippen LogP contribution in [0.2, 0.25) is 5.02 Å². The molecule has 2 amide bonds. The average Bonchev–Trinajstić information content (AvgIpc) is 3.27. The van der Waals surface area contributed by atoms with Crippen LogP contribution in [0.5, 0.6) is 0 Å². The molecule has 1 heterocycles. The van der Waals surface area contributed by atoms with Gasteiger partial charge in [-0.3, -0.25) is 14.5 Å². The molecule has 10 heteroatoms. The van der Waals surface area contributed by atoms with Gasteiger partial charge in [0.25, 0.3) is 0 Å². The van der Waals surface area contributed by atoms with E-state index in [1.54, 1.807) is 30.3 Å². The van der Waals surface area contributed by atoms with Gasteiger partial charge in [0.15, 0.2) is 0 Å². The highest BCUT2D eigenvalue weighted by Crippen LogP contribution is 2.30. The molecule has 1 N–H and O–H groups in total. The number of anilines is 1. The molecule has 0 saturated carbocycles. The van der Waals surface area contributed by atoms with Gasteiger partial charge in [-0.2, -0.15) is 0 Å². The van der Waals surface area contributed by atoms with Crippen molar-refractivity contribution in [3.63, 3.8) is 0 Å². The minimum atomic E-state index is -1.09. The Morgan fingerprint density at radius 3 is 2.51 bits per heavy atom. The predicted molar refractivity (Wildman–Crippen MR) is 130 cm³/mol. The maximum atomic E-state index is 13.8. The van der Waals surface area contributed by atoms with Gasteiger partial charge >= 0.3 is 0 Å². The van der Waals surface area contributed by atoms with Gasteiger partial charge in [0.2, 0.25) is 11.8 Å². The van der Waals surface area contributed by atoms with Crippen LogP contribution in [0.3, 0.4) is 0 Å². The van der Waals surface area contributed by atoms with E-state index in [1.807, 2.05) is 18.2 Å². The Balaban J connectivity index is 1.76. The number of carbonyl (C=O) groups is 2. The highest BCUT2D eigenvalue weighted by Gasteiger charge is 2.33. The lowest BCUT2D eigenvalue weighted by Gasteiger charge is -2.31. The SMILES string of the molecule is COCCNC(=O)[C@H](c1ccc(F)cc1)N(C(=O)Cn1nnc2ccccc21)c1ccc(Cl)cc1. The summed E-state index contributed by atoms with van der Waals surface area (Å²) < 4.78 is 20.2. The van der Waals surface area contributed by atoms with Crippen LogP contribution >= 0.6 is 11.6 Å². The van der Waals surface area contributed by atoms with Crippen LogP contribution in [-0.2, 0) is 20.9 Å². The number of nitrogens with zero attached hydrogens (tertiary/aromatic N) is 4. The molecule has 0 fully saturated rings. The van der Waals surface area contributed by atoms with Crippen LogP contribution in [0.1, 0.15) is 11.6 Å². The lowest BCUT2D eigenvalue weighted by atomic mass is 10.0. The van der Waals surface area contributed by atoms with Crippen LogP contribution in [-0.4, -0.2) is 47.1 Å². The van der Waals surface area contributed by atoms with Crippen molar-refractivity contribution in [2.45, 2.75) is 12.6 Å². The van der Waals surface area contributed by atoms with Gasteiger partial charge in [0.1, 0.15) is 23.9 Å². The molecule has 0 unspecified atom stereocenters. The maximum absolute atomic E-state index is 13.8. The summed E-state index contributed by atoms with van der Waals surface area (Å²) in [6.07, 6.45) is 0. The minimum absolute atomic E-state index is 0.174. The van der Waals surface area contributed by atoms with E-state index in [0.717, 1.165) is 0 Å². The van der Waals surface area contributed by atoms with Crippen molar-refractivity contribution in [3.8, 4) is 0 Å². The number of aromatic nitrogens is 3. The van der Waals surface area contributed by atoms with Gasteiger partial charge in [0, 0.05) is 24.4 Å². The quantitative estimate of drug-likeness (QED) is 0.357. The molecule has 1 aromatic heterocycles. The first-order valence-electron chi connectivity index (χ1n) is 10.9. The second kappa shape index (κ2) is 11.1. The van der Waals surface area contributed by atoms with E-state index >= 15 is 0 Å². The molecular weight excluding hydrogens is 473 g/mol. The molecule has 0 spiro atoms. The molecule has 4 rings (SSSR count). The van der Waals surface area contributed by atoms with Crippen molar-refractivity contribution in [3.05, 3.63) is 89.2 Å². The Bertz CT molecular complexity index is 1310. The van der Waals surface area contributed by atoms with Gasteiger partial charge in [-0.05, 0) is 54.1 Å². The molecule has 8 nitrogen and oxygen atoms in total. The number of hydrogen-bond donors (Lipinski definition) is 1. The number of methoxy groups -OCH3 is 1. The zero-order valence-electron chi connectivity index (χ0n) is 18.9. The van der Waals surface area contributed by atoms with Gasteiger partial charge in [-0.1, -0.05) is 41.1 Å². The van der Waals surface area contributed by atoms with Gasteiger partial charge in [-0.15, -0.1) is 5.10 Å². The third-order valence-electron chi connectivity index (χ3n) is 5.38. The molecule has 0 radical (unpaired) electrons. The van der Waals surface area contributed by atoms with Crippen molar-refractivity contribution >= 4 is 40.1 Å². The van der Waals surface area contributed by atoms with E-state index < -0.39 is 23.7 Å². The first-order chi connectivity index (χ1) is 17.0. The zero-order chi connectivity index (χ0) is 24.8. The summed E-state index contributed by atoms with van der Waals surface area (Å²) in [5, 5.41) is 11.5. The number of carbonyl (C=O) groups excluding carboxylic acids is 2. The topological polar surface area (TPSA) is 89.4 Å². The maximum Gasteiger partial charge on any atom is 0.249 e. The minimum Gasteiger partial charge on any atom is -0.383 e. The number of benzene rings is 3. The van der Waals surface area contributed by atoms with Crippen molar-refractivity contribution in [2.75, 3.05) is 25.2 Å². The first kappa shape index (κ1) is 24.3. The number of hydrogen-bond acceptors (Lipinski definition) is 5.